The van der Waals surface area contributed by atoms with E-state index in [0.717, 1.165) is 30.9 Å². The molecule has 0 bridgehead atoms. The second-order valence-electron chi connectivity index (χ2n) is 5.66. The number of fused-ring (bicyclic) bond motifs is 1. The Morgan fingerprint density at radius 3 is 2.75 bits per heavy atom. The second kappa shape index (κ2) is 6.15. The summed E-state index contributed by atoms with van der Waals surface area (Å²) in [7, 11) is 0. The van der Waals surface area contributed by atoms with E-state index in [1.54, 1.807) is 0 Å². The van der Waals surface area contributed by atoms with E-state index in [2.05, 4.69) is 34.6 Å². The van der Waals surface area contributed by atoms with Crippen LogP contribution in [-0.2, 0) is 13.0 Å². The number of rotatable bonds is 5. The zero-order chi connectivity index (χ0) is 13.9. The smallest absolute Gasteiger partial charge is 0.111 e. The summed E-state index contributed by atoms with van der Waals surface area (Å²) in [4.78, 5) is 7.30. The van der Waals surface area contributed by atoms with Crippen LogP contribution in [0.3, 0.4) is 0 Å². The first-order valence-electron chi connectivity index (χ1n) is 7.52. The number of benzene rings is 1. The van der Waals surface area contributed by atoms with Crippen LogP contribution in [0.5, 0.6) is 0 Å². The van der Waals surface area contributed by atoms with E-state index in [0.29, 0.717) is 5.88 Å². The van der Waals surface area contributed by atoms with Crippen molar-refractivity contribution in [1.82, 2.24) is 14.5 Å². The third-order valence-corrected chi connectivity index (χ3v) is 4.33. The molecule has 1 aliphatic rings. The van der Waals surface area contributed by atoms with Crippen molar-refractivity contribution in [3.05, 3.63) is 29.6 Å². The molecule has 0 atom stereocenters. The van der Waals surface area contributed by atoms with Gasteiger partial charge in [-0.25, -0.2) is 4.98 Å². The van der Waals surface area contributed by atoms with Gasteiger partial charge in [-0.05, 0) is 50.6 Å². The minimum absolute atomic E-state index is 0.631. The van der Waals surface area contributed by atoms with E-state index in [9.17, 15) is 0 Å². The van der Waals surface area contributed by atoms with E-state index in [4.69, 9.17) is 16.6 Å². The molecule has 20 heavy (non-hydrogen) atoms. The average Bonchev–Trinajstić information content (AvgIpc) is 3.04. The molecule has 0 N–H and O–H groups in total. The van der Waals surface area contributed by atoms with Crippen LogP contribution in [0, 0.1) is 6.92 Å². The van der Waals surface area contributed by atoms with E-state index >= 15 is 0 Å². The Bertz CT molecular complexity index is 585. The first kappa shape index (κ1) is 13.9. The predicted molar refractivity (Wildman–Crippen MR) is 84.6 cm³/mol. The normalized spacial score (nSPS) is 16.3. The molecule has 1 saturated heterocycles. The SMILES string of the molecule is Cc1ccc2nc(CCCl)n(CCN3CCCC3)c2c1. The molecule has 0 saturated carbocycles. The topological polar surface area (TPSA) is 21.1 Å². The number of nitrogens with zero attached hydrogens (tertiary/aromatic N) is 3. The van der Waals surface area contributed by atoms with Gasteiger partial charge in [-0.1, -0.05) is 6.07 Å². The van der Waals surface area contributed by atoms with Crippen LogP contribution in [0.2, 0.25) is 0 Å². The van der Waals surface area contributed by atoms with Crippen LogP contribution >= 0.6 is 11.6 Å². The van der Waals surface area contributed by atoms with E-state index in [1.165, 1.54) is 37.0 Å². The van der Waals surface area contributed by atoms with Crippen molar-refractivity contribution in [2.45, 2.75) is 32.7 Å². The van der Waals surface area contributed by atoms with Crippen LogP contribution < -0.4 is 0 Å². The van der Waals surface area contributed by atoms with Gasteiger partial charge in [0.2, 0.25) is 0 Å². The highest BCUT2D eigenvalue weighted by molar-refractivity contribution is 6.17. The number of hydrogen-bond acceptors (Lipinski definition) is 2. The van der Waals surface area contributed by atoms with Crippen LogP contribution in [0.4, 0.5) is 0 Å². The molecule has 1 aromatic heterocycles. The summed E-state index contributed by atoms with van der Waals surface area (Å²) in [6.07, 6.45) is 3.53. The maximum atomic E-state index is 5.93. The van der Waals surface area contributed by atoms with Crippen molar-refractivity contribution in [3.63, 3.8) is 0 Å². The molecule has 0 unspecified atom stereocenters. The summed E-state index contributed by atoms with van der Waals surface area (Å²) in [5.74, 6) is 1.76. The standard InChI is InChI=1S/C16H22ClN3/c1-13-4-5-14-15(12-13)20(16(18-14)6-7-17)11-10-19-8-2-3-9-19/h4-5,12H,2-3,6-11H2,1H3. The van der Waals surface area contributed by atoms with Gasteiger partial charge in [-0.15, -0.1) is 11.6 Å². The zero-order valence-electron chi connectivity index (χ0n) is 12.1. The zero-order valence-corrected chi connectivity index (χ0v) is 12.9. The lowest BCUT2D eigenvalue weighted by molar-refractivity contribution is 0.322. The Morgan fingerprint density at radius 1 is 1.20 bits per heavy atom. The van der Waals surface area contributed by atoms with Gasteiger partial charge in [0.25, 0.3) is 0 Å². The molecule has 1 aromatic carbocycles. The summed E-state index contributed by atoms with van der Waals surface area (Å²) in [5, 5.41) is 0. The van der Waals surface area contributed by atoms with Crippen molar-refractivity contribution < 1.29 is 0 Å². The summed E-state index contributed by atoms with van der Waals surface area (Å²) in [6, 6.07) is 6.49. The third-order valence-electron chi connectivity index (χ3n) is 4.14. The number of imidazole rings is 1. The van der Waals surface area contributed by atoms with Gasteiger partial charge in [0.05, 0.1) is 11.0 Å². The third kappa shape index (κ3) is 2.84. The Labute approximate surface area is 125 Å². The van der Waals surface area contributed by atoms with Crippen molar-refractivity contribution in [2.24, 2.45) is 0 Å². The summed E-state index contributed by atoms with van der Waals surface area (Å²) in [6.45, 7) is 6.77. The Hall–Kier alpha value is -1.06. The second-order valence-corrected chi connectivity index (χ2v) is 6.04. The fourth-order valence-electron chi connectivity index (χ4n) is 3.06. The van der Waals surface area contributed by atoms with Crippen molar-refractivity contribution >= 4 is 22.6 Å². The van der Waals surface area contributed by atoms with Crippen molar-refractivity contribution in [3.8, 4) is 0 Å². The van der Waals surface area contributed by atoms with Crippen LogP contribution in [0.15, 0.2) is 18.2 Å². The quantitative estimate of drug-likeness (QED) is 0.789. The van der Waals surface area contributed by atoms with Crippen LogP contribution in [0.25, 0.3) is 11.0 Å². The number of aromatic nitrogens is 2. The minimum atomic E-state index is 0.631. The molecule has 0 aliphatic carbocycles. The van der Waals surface area contributed by atoms with Crippen molar-refractivity contribution in [1.29, 1.82) is 0 Å². The van der Waals surface area contributed by atoms with E-state index in [-0.39, 0.29) is 0 Å². The maximum Gasteiger partial charge on any atom is 0.111 e. The number of aryl methyl sites for hydroxylation is 2. The molecule has 3 nitrogen and oxygen atoms in total. The Morgan fingerprint density at radius 2 is 2.00 bits per heavy atom. The number of hydrogen-bond donors (Lipinski definition) is 0. The monoisotopic (exact) mass is 291 g/mol. The van der Waals surface area contributed by atoms with E-state index in [1.807, 2.05) is 0 Å². The fourth-order valence-corrected chi connectivity index (χ4v) is 3.22. The van der Waals surface area contributed by atoms with Gasteiger partial charge in [0, 0.05) is 25.4 Å². The lowest BCUT2D eigenvalue weighted by Gasteiger charge is -2.16. The molecule has 1 fully saturated rings. The van der Waals surface area contributed by atoms with Gasteiger partial charge in [-0.3, -0.25) is 0 Å². The molecule has 3 rings (SSSR count). The van der Waals surface area contributed by atoms with Gasteiger partial charge in [0.15, 0.2) is 0 Å². The highest BCUT2D eigenvalue weighted by Crippen LogP contribution is 2.19. The summed E-state index contributed by atoms with van der Waals surface area (Å²) < 4.78 is 2.36. The molecule has 0 spiro atoms. The van der Waals surface area contributed by atoms with Gasteiger partial charge in [0.1, 0.15) is 5.82 Å². The minimum Gasteiger partial charge on any atom is -0.327 e. The first-order chi connectivity index (χ1) is 9.78. The van der Waals surface area contributed by atoms with Crippen LogP contribution in [-0.4, -0.2) is 40.0 Å². The number of alkyl halides is 1. The number of likely N-dealkylation sites (tertiary alicyclic amines) is 1. The summed E-state index contributed by atoms with van der Waals surface area (Å²) >= 11 is 5.93. The molecule has 1 aliphatic heterocycles. The number of halogens is 1. The van der Waals surface area contributed by atoms with Crippen molar-refractivity contribution in [2.75, 3.05) is 25.5 Å². The van der Waals surface area contributed by atoms with Gasteiger partial charge < -0.3 is 9.47 Å². The largest absolute Gasteiger partial charge is 0.327 e. The Kier molecular flexibility index (Phi) is 4.27. The Balaban J connectivity index is 1.88. The molecule has 108 valence electrons. The fraction of sp³-hybridized carbons (Fsp3) is 0.562. The molecule has 4 heteroatoms. The molecule has 0 amide bonds. The van der Waals surface area contributed by atoms with Gasteiger partial charge >= 0.3 is 0 Å². The highest BCUT2D eigenvalue weighted by atomic mass is 35.5. The lowest BCUT2D eigenvalue weighted by atomic mass is 10.2. The lowest BCUT2D eigenvalue weighted by Crippen LogP contribution is -2.24. The summed E-state index contributed by atoms with van der Waals surface area (Å²) in [5.41, 5.74) is 3.64. The molecule has 2 heterocycles. The highest BCUT2D eigenvalue weighted by Gasteiger charge is 2.14. The van der Waals surface area contributed by atoms with Gasteiger partial charge in [-0.2, -0.15) is 0 Å². The molecule has 2 aromatic rings. The first-order valence-corrected chi connectivity index (χ1v) is 8.05. The maximum absolute atomic E-state index is 5.93. The van der Waals surface area contributed by atoms with E-state index < -0.39 is 0 Å². The predicted octanol–water partition coefficient (Wildman–Crippen LogP) is 3.22. The molecular weight excluding hydrogens is 270 g/mol. The average molecular weight is 292 g/mol. The molecule has 0 radical (unpaired) electrons. The molecular formula is C16H22ClN3. The van der Waals surface area contributed by atoms with Crippen LogP contribution in [0.1, 0.15) is 24.2 Å².